The van der Waals surface area contributed by atoms with Gasteiger partial charge in [-0.1, -0.05) is 6.92 Å². The summed E-state index contributed by atoms with van der Waals surface area (Å²) in [5, 5.41) is 5.72. The molecule has 8 nitrogen and oxygen atoms in total. The Balaban J connectivity index is 1.80. The summed E-state index contributed by atoms with van der Waals surface area (Å²) in [6.45, 7) is 2.86. The highest BCUT2D eigenvalue weighted by Gasteiger charge is 2.31. The Morgan fingerprint density at radius 3 is 2.76 bits per heavy atom. The predicted molar refractivity (Wildman–Crippen MR) is 94.5 cm³/mol. The van der Waals surface area contributed by atoms with Crippen molar-refractivity contribution in [3.05, 3.63) is 29.0 Å². The van der Waals surface area contributed by atoms with Crippen molar-refractivity contribution >= 4 is 27.3 Å². The van der Waals surface area contributed by atoms with Crippen LogP contribution in [-0.4, -0.2) is 53.0 Å². The van der Waals surface area contributed by atoms with Gasteiger partial charge in [0.2, 0.25) is 10.0 Å². The molecule has 1 unspecified atom stereocenters. The fourth-order valence-corrected chi connectivity index (χ4v) is 4.89. The standard InChI is InChI=1S/C15H19N5O3S2/c1-2-11-12(24-14(19-11)13-17-5-3-6-18-13)15(21)20-7-4-10(8-20)9-25(16,22)23/h3,5-6,10H,2,4,7-9H2,1H3,(H2,16,22,23). The van der Waals surface area contributed by atoms with Gasteiger partial charge in [-0.3, -0.25) is 4.79 Å². The van der Waals surface area contributed by atoms with Crippen molar-refractivity contribution in [1.29, 1.82) is 0 Å². The summed E-state index contributed by atoms with van der Waals surface area (Å²) in [6.07, 6.45) is 4.53. The summed E-state index contributed by atoms with van der Waals surface area (Å²) >= 11 is 1.28. The molecule has 134 valence electrons. The van der Waals surface area contributed by atoms with Gasteiger partial charge in [-0.25, -0.2) is 28.5 Å². The topological polar surface area (TPSA) is 119 Å². The molecule has 25 heavy (non-hydrogen) atoms. The molecule has 2 aromatic rings. The molecule has 0 radical (unpaired) electrons. The molecule has 0 saturated carbocycles. The van der Waals surface area contributed by atoms with Crippen LogP contribution in [0.4, 0.5) is 0 Å². The number of hydrogen-bond acceptors (Lipinski definition) is 7. The van der Waals surface area contributed by atoms with Gasteiger partial charge < -0.3 is 4.90 Å². The van der Waals surface area contributed by atoms with Crippen molar-refractivity contribution < 1.29 is 13.2 Å². The van der Waals surface area contributed by atoms with Crippen molar-refractivity contribution in [3.63, 3.8) is 0 Å². The number of hydrogen-bond donors (Lipinski definition) is 1. The van der Waals surface area contributed by atoms with Crippen molar-refractivity contribution in [2.45, 2.75) is 19.8 Å². The molecule has 0 bridgehead atoms. The smallest absolute Gasteiger partial charge is 0.265 e. The van der Waals surface area contributed by atoms with E-state index >= 15 is 0 Å². The third kappa shape index (κ3) is 4.20. The van der Waals surface area contributed by atoms with Gasteiger partial charge in [-0.05, 0) is 24.8 Å². The number of aromatic nitrogens is 3. The Morgan fingerprint density at radius 1 is 1.40 bits per heavy atom. The lowest BCUT2D eigenvalue weighted by Gasteiger charge is -2.15. The SMILES string of the molecule is CCc1nc(-c2ncccn2)sc1C(=O)N1CCC(CS(N)(=O)=O)C1. The van der Waals surface area contributed by atoms with Crippen molar-refractivity contribution in [1.82, 2.24) is 19.9 Å². The Hall–Kier alpha value is -1.91. The van der Waals surface area contributed by atoms with Crippen LogP contribution in [0.15, 0.2) is 18.5 Å². The third-order valence-electron chi connectivity index (χ3n) is 4.02. The van der Waals surface area contributed by atoms with Gasteiger partial charge in [0.25, 0.3) is 5.91 Å². The van der Waals surface area contributed by atoms with E-state index < -0.39 is 10.0 Å². The lowest BCUT2D eigenvalue weighted by molar-refractivity contribution is 0.0791. The van der Waals surface area contributed by atoms with Crippen molar-refractivity contribution in [3.8, 4) is 10.8 Å². The Labute approximate surface area is 150 Å². The van der Waals surface area contributed by atoms with Crippen LogP contribution >= 0.6 is 11.3 Å². The first-order valence-corrected chi connectivity index (χ1v) is 10.5. The van der Waals surface area contributed by atoms with E-state index in [2.05, 4.69) is 15.0 Å². The minimum atomic E-state index is -3.53. The summed E-state index contributed by atoms with van der Waals surface area (Å²) < 4.78 is 22.5. The van der Waals surface area contributed by atoms with Gasteiger partial charge in [-0.2, -0.15) is 0 Å². The van der Waals surface area contributed by atoms with E-state index in [1.165, 1.54) is 11.3 Å². The second-order valence-corrected chi connectivity index (χ2v) is 8.61. The highest BCUT2D eigenvalue weighted by molar-refractivity contribution is 7.89. The summed E-state index contributed by atoms with van der Waals surface area (Å²) in [7, 11) is -3.53. The summed E-state index contributed by atoms with van der Waals surface area (Å²) in [6, 6.07) is 1.72. The lowest BCUT2D eigenvalue weighted by atomic mass is 10.2. The second-order valence-electron chi connectivity index (χ2n) is 5.96. The number of nitrogens with zero attached hydrogens (tertiary/aromatic N) is 4. The van der Waals surface area contributed by atoms with Gasteiger partial charge in [0, 0.05) is 25.5 Å². The van der Waals surface area contributed by atoms with Gasteiger partial charge in [0.1, 0.15) is 4.88 Å². The van der Waals surface area contributed by atoms with Crippen molar-refractivity contribution in [2.75, 3.05) is 18.8 Å². The number of carbonyl (C=O) groups is 1. The van der Waals surface area contributed by atoms with Crippen LogP contribution in [0.3, 0.4) is 0 Å². The van der Waals surface area contributed by atoms with E-state index in [0.29, 0.717) is 47.3 Å². The molecule has 1 saturated heterocycles. The first-order chi connectivity index (χ1) is 11.9. The number of carbonyl (C=O) groups excluding carboxylic acids is 1. The van der Waals surface area contributed by atoms with Gasteiger partial charge in [0.05, 0.1) is 11.4 Å². The summed E-state index contributed by atoms with van der Waals surface area (Å²) in [5.74, 6) is 0.167. The summed E-state index contributed by atoms with van der Waals surface area (Å²) in [4.78, 5) is 28.0. The normalized spacial score (nSPS) is 17.8. The molecule has 1 fully saturated rings. The second kappa shape index (κ2) is 7.14. The fourth-order valence-electron chi connectivity index (χ4n) is 2.89. The molecule has 1 atom stereocenters. The number of sulfonamides is 1. The molecule has 3 heterocycles. The van der Waals surface area contributed by atoms with Crippen LogP contribution < -0.4 is 5.14 Å². The molecule has 3 rings (SSSR count). The zero-order valence-electron chi connectivity index (χ0n) is 13.8. The highest BCUT2D eigenvalue weighted by atomic mass is 32.2. The van der Waals surface area contributed by atoms with E-state index in [0.717, 1.165) is 0 Å². The zero-order chi connectivity index (χ0) is 18.0. The van der Waals surface area contributed by atoms with Gasteiger partial charge in [-0.15, -0.1) is 11.3 Å². The molecule has 1 aliphatic heterocycles. The number of thiazole rings is 1. The van der Waals surface area contributed by atoms with E-state index in [4.69, 9.17) is 5.14 Å². The quantitative estimate of drug-likeness (QED) is 0.822. The van der Waals surface area contributed by atoms with Crippen LogP contribution in [0.5, 0.6) is 0 Å². The van der Waals surface area contributed by atoms with Crippen LogP contribution in [0.2, 0.25) is 0 Å². The van der Waals surface area contributed by atoms with Crippen LogP contribution in [0.1, 0.15) is 28.7 Å². The molecule has 0 aliphatic carbocycles. The number of amides is 1. The number of nitrogens with two attached hydrogens (primary N) is 1. The largest absolute Gasteiger partial charge is 0.338 e. The molecule has 2 aromatic heterocycles. The monoisotopic (exact) mass is 381 g/mol. The maximum Gasteiger partial charge on any atom is 0.265 e. The van der Waals surface area contributed by atoms with Crippen LogP contribution in [0, 0.1) is 5.92 Å². The highest BCUT2D eigenvalue weighted by Crippen LogP contribution is 2.29. The zero-order valence-corrected chi connectivity index (χ0v) is 15.4. The number of aryl methyl sites for hydroxylation is 1. The van der Waals surface area contributed by atoms with Crippen LogP contribution in [0.25, 0.3) is 10.8 Å². The van der Waals surface area contributed by atoms with Gasteiger partial charge in [0.15, 0.2) is 10.8 Å². The third-order valence-corrected chi connectivity index (χ3v) is 6.04. The lowest BCUT2D eigenvalue weighted by Crippen LogP contribution is -2.30. The molecule has 0 spiro atoms. The Bertz CT molecular complexity index is 867. The van der Waals surface area contributed by atoms with Crippen molar-refractivity contribution in [2.24, 2.45) is 11.1 Å². The maximum atomic E-state index is 12.9. The fraction of sp³-hybridized carbons (Fsp3) is 0.467. The average Bonchev–Trinajstić information content (AvgIpc) is 3.20. The van der Waals surface area contributed by atoms with E-state index in [-0.39, 0.29) is 17.6 Å². The minimum Gasteiger partial charge on any atom is -0.338 e. The molecule has 0 aromatic carbocycles. The first-order valence-electron chi connectivity index (χ1n) is 7.94. The Kier molecular flexibility index (Phi) is 5.11. The minimum absolute atomic E-state index is 0.0940. The first kappa shape index (κ1) is 17.9. The number of likely N-dealkylation sites (tertiary alicyclic amines) is 1. The summed E-state index contributed by atoms with van der Waals surface area (Å²) in [5.41, 5.74) is 0.715. The van der Waals surface area contributed by atoms with Gasteiger partial charge >= 0.3 is 0 Å². The van der Waals surface area contributed by atoms with E-state index in [1.807, 2.05) is 6.92 Å². The molecular formula is C15H19N5O3S2. The van der Waals surface area contributed by atoms with Crippen LogP contribution in [-0.2, 0) is 16.4 Å². The molecule has 1 aliphatic rings. The number of rotatable bonds is 5. The number of primary sulfonamides is 1. The maximum absolute atomic E-state index is 12.9. The molecule has 1 amide bonds. The molecule has 2 N–H and O–H groups in total. The molecular weight excluding hydrogens is 362 g/mol. The predicted octanol–water partition coefficient (Wildman–Crippen LogP) is 0.913. The Morgan fingerprint density at radius 2 is 2.12 bits per heavy atom. The van der Waals surface area contributed by atoms with E-state index in [1.54, 1.807) is 23.4 Å². The molecule has 10 heteroatoms. The van der Waals surface area contributed by atoms with E-state index in [9.17, 15) is 13.2 Å². The average molecular weight is 381 g/mol.